The molecule has 0 heterocycles. The minimum atomic E-state index is -0.494. The Bertz CT molecular complexity index is 1130. The van der Waals surface area contributed by atoms with Gasteiger partial charge in [0.15, 0.2) is 0 Å². The number of halogens is 2. The van der Waals surface area contributed by atoms with Crippen LogP contribution in [0.25, 0.3) is 32.3 Å². The van der Waals surface area contributed by atoms with Crippen LogP contribution in [0.4, 0.5) is 0 Å². The molecule has 0 amide bonds. The zero-order valence-corrected chi connectivity index (χ0v) is 17.0. The van der Waals surface area contributed by atoms with Gasteiger partial charge in [0.25, 0.3) is 0 Å². The lowest BCUT2D eigenvalue weighted by Gasteiger charge is -2.17. The van der Waals surface area contributed by atoms with Crippen molar-refractivity contribution < 1.29 is 19.1 Å². The summed E-state index contributed by atoms with van der Waals surface area (Å²) in [7, 11) is 2.65. The topological polar surface area (TPSA) is 52.6 Å². The number of benzene rings is 4. The zero-order valence-electron chi connectivity index (χ0n) is 13.9. The van der Waals surface area contributed by atoms with Crippen molar-refractivity contribution >= 4 is 76.1 Å². The lowest BCUT2D eigenvalue weighted by atomic mass is 9.89. The van der Waals surface area contributed by atoms with Crippen molar-refractivity contribution in [2.75, 3.05) is 14.2 Å². The van der Waals surface area contributed by atoms with Crippen molar-refractivity contribution in [3.63, 3.8) is 0 Å². The lowest BCUT2D eigenvalue weighted by molar-refractivity contribution is 0.0602. The normalized spacial score (nSPS) is 11.4. The summed E-state index contributed by atoms with van der Waals surface area (Å²) >= 11 is 7.20. The van der Waals surface area contributed by atoms with Crippen LogP contribution in [0.2, 0.25) is 0 Å². The number of methoxy groups -OCH3 is 2. The van der Waals surface area contributed by atoms with Crippen molar-refractivity contribution in [2.24, 2.45) is 0 Å². The Morgan fingerprint density at radius 2 is 1.08 bits per heavy atom. The molecule has 4 aromatic rings. The van der Waals surface area contributed by atoms with Gasteiger partial charge in [-0.15, -0.1) is 0 Å². The maximum Gasteiger partial charge on any atom is 0.338 e. The molecule has 4 rings (SSSR count). The molecule has 26 heavy (non-hydrogen) atoms. The van der Waals surface area contributed by atoms with Gasteiger partial charge in [-0.05, 0) is 44.5 Å². The fourth-order valence-corrected chi connectivity index (χ4v) is 4.89. The average Bonchev–Trinajstić information content (AvgIpc) is 2.66. The van der Waals surface area contributed by atoms with Crippen LogP contribution in [0, 0.1) is 0 Å². The molecule has 0 saturated heterocycles. The van der Waals surface area contributed by atoms with E-state index in [-0.39, 0.29) is 0 Å². The van der Waals surface area contributed by atoms with E-state index < -0.39 is 11.9 Å². The number of rotatable bonds is 2. The highest BCUT2D eigenvalue weighted by atomic mass is 79.9. The first-order valence-corrected chi connectivity index (χ1v) is 9.32. The van der Waals surface area contributed by atoms with E-state index in [1.165, 1.54) is 14.2 Å². The van der Waals surface area contributed by atoms with Gasteiger partial charge in [0.2, 0.25) is 0 Å². The Labute approximate surface area is 165 Å². The Hall–Kier alpha value is -2.18. The van der Waals surface area contributed by atoms with E-state index in [0.717, 1.165) is 41.3 Å². The maximum absolute atomic E-state index is 12.4. The van der Waals surface area contributed by atoms with Crippen molar-refractivity contribution in [3.8, 4) is 0 Å². The number of hydrogen-bond acceptors (Lipinski definition) is 4. The monoisotopic (exact) mass is 474 g/mol. The molecule has 0 fully saturated rings. The van der Waals surface area contributed by atoms with Crippen molar-refractivity contribution in [1.29, 1.82) is 0 Å². The molecule has 0 spiro atoms. The van der Waals surface area contributed by atoms with E-state index in [9.17, 15) is 9.59 Å². The molecule has 0 aromatic heterocycles. The summed E-state index contributed by atoms with van der Waals surface area (Å²) in [4.78, 5) is 24.7. The van der Waals surface area contributed by atoms with E-state index in [4.69, 9.17) is 9.47 Å². The highest BCUT2D eigenvalue weighted by Gasteiger charge is 2.23. The van der Waals surface area contributed by atoms with Gasteiger partial charge in [-0.2, -0.15) is 0 Å². The largest absolute Gasteiger partial charge is 0.465 e. The van der Waals surface area contributed by atoms with Gasteiger partial charge >= 0.3 is 11.9 Å². The molecular weight excluding hydrogens is 464 g/mol. The standard InChI is InChI=1S/C20H12Br2O4/c1-25-19(23)13-7-14(20(24)26-2)10-4-6-12-16(22)8-15(21)11-5-3-9(13)17(10)18(11)12/h3-8H,1-2H3. The molecule has 0 bridgehead atoms. The molecule has 4 aromatic carbocycles. The smallest absolute Gasteiger partial charge is 0.338 e. The summed E-state index contributed by atoms with van der Waals surface area (Å²) in [5.41, 5.74) is 0.678. The molecule has 130 valence electrons. The van der Waals surface area contributed by atoms with Gasteiger partial charge in [0.1, 0.15) is 0 Å². The van der Waals surface area contributed by atoms with Crippen molar-refractivity contribution in [3.05, 3.63) is 56.5 Å². The summed E-state index contributed by atoms with van der Waals surface area (Å²) < 4.78 is 11.7. The number of carbonyl (C=O) groups excluding carboxylic acids is 2. The molecule has 0 saturated carbocycles. The van der Waals surface area contributed by atoms with Gasteiger partial charge < -0.3 is 9.47 Å². The van der Waals surface area contributed by atoms with Crippen LogP contribution in [0.3, 0.4) is 0 Å². The molecule has 0 radical (unpaired) electrons. The second kappa shape index (κ2) is 6.21. The van der Waals surface area contributed by atoms with Crippen LogP contribution in [-0.4, -0.2) is 26.2 Å². The van der Waals surface area contributed by atoms with Crippen molar-refractivity contribution in [1.82, 2.24) is 0 Å². The van der Waals surface area contributed by atoms with Crippen LogP contribution in [0.15, 0.2) is 45.3 Å². The van der Waals surface area contributed by atoms with Gasteiger partial charge in [-0.1, -0.05) is 56.1 Å². The Morgan fingerprint density at radius 3 is 1.50 bits per heavy atom. The first-order chi connectivity index (χ1) is 12.5. The van der Waals surface area contributed by atoms with Crippen LogP contribution >= 0.6 is 31.9 Å². The SMILES string of the molecule is COC(=O)c1cc(C(=O)OC)c2ccc3c(Br)cc(Br)c4ccc1c2c43. The van der Waals surface area contributed by atoms with Crippen LogP contribution in [0.1, 0.15) is 20.7 Å². The highest BCUT2D eigenvalue weighted by Crippen LogP contribution is 2.43. The maximum atomic E-state index is 12.4. The number of hydrogen-bond donors (Lipinski definition) is 0. The van der Waals surface area contributed by atoms with Crippen molar-refractivity contribution in [2.45, 2.75) is 0 Å². The Morgan fingerprint density at radius 1 is 0.692 bits per heavy atom. The number of ether oxygens (including phenoxy) is 2. The fraction of sp³-hybridized carbons (Fsp3) is 0.100. The van der Waals surface area contributed by atoms with Gasteiger partial charge in [-0.25, -0.2) is 9.59 Å². The molecule has 0 aliphatic heterocycles. The second-order valence-corrected chi connectivity index (χ2v) is 7.58. The van der Waals surface area contributed by atoms with Crippen LogP contribution in [0.5, 0.6) is 0 Å². The van der Waals surface area contributed by atoms with Gasteiger partial charge in [0, 0.05) is 8.95 Å². The highest BCUT2D eigenvalue weighted by molar-refractivity contribution is 9.11. The second-order valence-electron chi connectivity index (χ2n) is 5.87. The molecule has 0 aliphatic rings. The molecule has 0 N–H and O–H groups in total. The van der Waals surface area contributed by atoms with E-state index in [2.05, 4.69) is 31.9 Å². The third-order valence-electron chi connectivity index (χ3n) is 4.61. The van der Waals surface area contributed by atoms with E-state index in [1.807, 2.05) is 30.3 Å². The lowest BCUT2D eigenvalue weighted by Crippen LogP contribution is -2.08. The first-order valence-electron chi connectivity index (χ1n) is 7.74. The average molecular weight is 476 g/mol. The number of carbonyl (C=O) groups is 2. The summed E-state index contributed by atoms with van der Waals surface area (Å²) in [5.74, 6) is -0.988. The van der Waals surface area contributed by atoms with Crippen LogP contribution < -0.4 is 0 Å². The first kappa shape index (κ1) is 17.2. The van der Waals surface area contributed by atoms with Gasteiger partial charge in [0.05, 0.1) is 25.3 Å². The summed E-state index contributed by atoms with van der Waals surface area (Å²) in [5, 5.41) is 5.28. The summed E-state index contributed by atoms with van der Waals surface area (Å²) in [6.07, 6.45) is 0. The Balaban J connectivity index is 2.33. The zero-order chi connectivity index (χ0) is 18.6. The van der Waals surface area contributed by atoms with Crippen LogP contribution in [-0.2, 0) is 9.47 Å². The summed E-state index contributed by atoms with van der Waals surface area (Å²) in [6.45, 7) is 0. The van der Waals surface area contributed by atoms with Gasteiger partial charge in [-0.3, -0.25) is 0 Å². The predicted octanol–water partition coefficient (Wildman–Crippen LogP) is 5.68. The molecule has 0 atom stereocenters. The summed E-state index contributed by atoms with van der Waals surface area (Å²) in [6, 6.07) is 11.2. The molecule has 4 nitrogen and oxygen atoms in total. The molecule has 0 aliphatic carbocycles. The fourth-order valence-electron chi connectivity index (χ4n) is 3.47. The Kier molecular flexibility index (Phi) is 4.12. The van der Waals surface area contributed by atoms with E-state index >= 15 is 0 Å². The van der Waals surface area contributed by atoms with E-state index in [1.54, 1.807) is 6.07 Å². The minimum Gasteiger partial charge on any atom is -0.465 e. The third kappa shape index (κ3) is 2.32. The third-order valence-corrected chi connectivity index (χ3v) is 5.92. The molecule has 6 heteroatoms. The molecular formula is C20H12Br2O4. The number of esters is 2. The van der Waals surface area contributed by atoms with E-state index in [0.29, 0.717) is 11.1 Å². The molecule has 0 unspecified atom stereocenters. The quantitative estimate of drug-likeness (QED) is 0.276. The minimum absolute atomic E-state index is 0.339. The predicted molar refractivity (Wildman–Crippen MR) is 108 cm³/mol.